The van der Waals surface area contributed by atoms with Gasteiger partial charge < -0.3 is 10.2 Å². The maximum atomic E-state index is 13.5. The van der Waals surface area contributed by atoms with Crippen molar-refractivity contribution in [2.45, 2.75) is 60.0 Å². The van der Waals surface area contributed by atoms with Gasteiger partial charge in [-0.2, -0.15) is 0 Å². The summed E-state index contributed by atoms with van der Waals surface area (Å²) in [5.41, 5.74) is 2.21. The molecule has 3 rings (SSSR count). The number of rotatable bonds is 7. The fraction of sp³-hybridized carbons (Fsp3) is 0.458. The Kier molecular flexibility index (Phi) is 8.93. The number of fused-ring (bicyclic) bond motifs is 1. The highest BCUT2D eigenvalue weighted by molar-refractivity contribution is 6.30. The first-order valence-electron chi connectivity index (χ1n) is 10.9. The summed E-state index contributed by atoms with van der Waals surface area (Å²) in [6.07, 6.45) is 1.65. The Bertz CT molecular complexity index is 950. The van der Waals surface area contributed by atoms with Gasteiger partial charge in [-0.3, -0.25) is 9.69 Å². The molecule has 8 heteroatoms. The van der Waals surface area contributed by atoms with Gasteiger partial charge in [-0.05, 0) is 62.1 Å². The van der Waals surface area contributed by atoms with Crippen molar-refractivity contribution in [2.75, 3.05) is 10.2 Å². The normalized spacial score (nSPS) is 15.2. The molecule has 0 bridgehead atoms. The average molecular weight is 479 g/mol. The minimum atomic E-state index is -0.0902. The van der Waals surface area contributed by atoms with Crippen molar-refractivity contribution in [3.8, 4) is 0 Å². The molecule has 0 fully saturated rings. The van der Waals surface area contributed by atoms with Crippen molar-refractivity contribution in [3.05, 3.63) is 47.1 Å². The van der Waals surface area contributed by atoms with Gasteiger partial charge >= 0.3 is 6.03 Å². The van der Waals surface area contributed by atoms with Gasteiger partial charge in [-0.1, -0.05) is 39.3 Å². The van der Waals surface area contributed by atoms with E-state index in [-0.39, 0.29) is 36.3 Å². The third kappa shape index (κ3) is 5.73. The second-order valence-electron chi connectivity index (χ2n) is 8.66. The van der Waals surface area contributed by atoms with E-state index in [1.165, 1.54) is 0 Å². The maximum Gasteiger partial charge on any atom is 0.329 e. The van der Waals surface area contributed by atoms with Crippen molar-refractivity contribution >= 4 is 53.1 Å². The van der Waals surface area contributed by atoms with E-state index in [2.05, 4.69) is 26.1 Å². The number of benzene rings is 1. The molecule has 32 heavy (non-hydrogen) atoms. The molecule has 2 heterocycles. The third-order valence-corrected chi connectivity index (χ3v) is 5.94. The standard InChI is InChI=1S/C24H31ClN4O2.ClH/c1-6-16(4)23(30)27-22-12-11-21-20(26-22)14-28(17(5)13-15(2)3)24(31)29(21)19-9-7-18(25)8-10-19;/h7-12,15-17H,6,13-14H2,1-5H3,(H,26,27,30);1H/t16-,17?;/m1./s1. The monoisotopic (exact) mass is 478 g/mol. The number of carbonyl (C=O) groups excluding carboxylic acids is 2. The first-order chi connectivity index (χ1) is 14.7. The number of hydrogen-bond acceptors (Lipinski definition) is 3. The van der Waals surface area contributed by atoms with Gasteiger partial charge in [0, 0.05) is 17.0 Å². The number of nitrogens with zero attached hydrogens (tertiary/aromatic N) is 3. The largest absolute Gasteiger partial charge is 0.329 e. The number of aromatic nitrogens is 1. The smallest absolute Gasteiger partial charge is 0.315 e. The molecular weight excluding hydrogens is 447 g/mol. The Morgan fingerprint density at radius 3 is 2.38 bits per heavy atom. The summed E-state index contributed by atoms with van der Waals surface area (Å²) in [4.78, 5) is 34.1. The lowest BCUT2D eigenvalue weighted by Crippen LogP contribution is -2.49. The highest BCUT2D eigenvalue weighted by Crippen LogP contribution is 2.36. The molecule has 0 spiro atoms. The lowest BCUT2D eigenvalue weighted by molar-refractivity contribution is -0.119. The van der Waals surface area contributed by atoms with Gasteiger partial charge in [-0.25, -0.2) is 9.78 Å². The van der Waals surface area contributed by atoms with E-state index in [4.69, 9.17) is 16.6 Å². The molecule has 2 aromatic rings. The zero-order valence-electron chi connectivity index (χ0n) is 19.3. The number of halogens is 2. The molecule has 174 valence electrons. The fourth-order valence-corrected chi connectivity index (χ4v) is 3.90. The van der Waals surface area contributed by atoms with E-state index < -0.39 is 0 Å². The lowest BCUT2D eigenvalue weighted by atomic mass is 10.0. The van der Waals surface area contributed by atoms with Crippen LogP contribution in [-0.4, -0.2) is 27.9 Å². The summed E-state index contributed by atoms with van der Waals surface area (Å²) in [5.74, 6) is 0.821. The third-order valence-electron chi connectivity index (χ3n) is 5.69. The molecule has 2 atom stereocenters. The predicted octanol–water partition coefficient (Wildman–Crippen LogP) is 6.65. The van der Waals surface area contributed by atoms with E-state index in [0.717, 1.165) is 29.9 Å². The molecule has 6 nitrogen and oxygen atoms in total. The summed E-state index contributed by atoms with van der Waals surface area (Å²) >= 11 is 6.06. The van der Waals surface area contributed by atoms with E-state index >= 15 is 0 Å². The van der Waals surface area contributed by atoms with Gasteiger partial charge in [0.2, 0.25) is 5.91 Å². The summed E-state index contributed by atoms with van der Waals surface area (Å²) in [6.45, 7) is 10.6. The minimum absolute atomic E-state index is 0. The molecule has 1 unspecified atom stereocenters. The highest BCUT2D eigenvalue weighted by Gasteiger charge is 2.35. The van der Waals surface area contributed by atoms with Crippen LogP contribution >= 0.6 is 24.0 Å². The van der Waals surface area contributed by atoms with Gasteiger partial charge in [0.25, 0.3) is 0 Å². The first kappa shape index (κ1) is 25.9. The van der Waals surface area contributed by atoms with Crippen LogP contribution in [0.3, 0.4) is 0 Å². The number of nitrogens with one attached hydrogen (secondary N) is 1. The van der Waals surface area contributed by atoms with Crippen molar-refractivity contribution < 1.29 is 9.59 Å². The van der Waals surface area contributed by atoms with Crippen LogP contribution in [0.5, 0.6) is 0 Å². The molecular formula is C24H32Cl2N4O2. The van der Waals surface area contributed by atoms with Crippen LogP contribution in [0, 0.1) is 11.8 Å². The Labute approximate surface area is 201 Å². The summed E-state index contributed by atoms with van der Waals surface area (Å²) < 4.78 is 0. The Balaban J connectivity index is 0.00000363. The van der Waals surface area contributed by atoms with Crippen molar-refractivity contribution in [1.29, 1.82) is 0 Å². The number of amides is 3. The first-order valence-corrected chi connectivity index (χ1v) is 11.3. The van der Waals surface area contributed by atoms with Gasteiger partial charge in [0.1, 0.15) is 5.82 Å². The second-order valence-corrected chi connectivity index (χ2v) is 9.10. The van der Waals surface area contributed by atoms with Gasteiger partial charge in [-0.15, -0.1) is 12.4 Å². The number of pyridine rings is 1. The number of hydrogen-bond donors (Lipinski definition) is 1. The van der Waals surface area contributed by atoms with Gasteiger partial charge in [0.15, 0.2) is 0 Å². The molecule has 0 saturated carbocycles. The quantitative estimate of drug-likeness (QED) is 0.484. The van der Waals surface area contributed by atoms with Crippen LogP contribution < -0.4 is 10.2 Å². The van der Waals surface area contributed by atoms with Crippen LogP contribution in [0.2, 0.25) is 5.02 Å². The highest BCUT2D eigenvalue weighted by atomic mass is 35.5. The Hall–Kier alpha value is -2.31. The zero-order valence-corrected chi connectivity index (χ0v) is 20.8. The van der Waals surface area contributed by atoms with Crippen LogP contribution in [0.4, 0.5) is 22.0 Å². The number of urea groups is 1. The molecule has 3 amide bonds. The van der Waals surface area contributed by atoms with Crippen molar-refractivity contribution in [3.63, 3.8) is 0 Å². The lowest BCUT2D eigenvalue weighted by Gasteiger charge is -2.40. The molecule has 1 aliphatic rings. The molecule has 1 aliphatic heterocycles. The van der Waals surface area contributed by atoms with Crippen LogP contribution in [-0.2, 0) is 11.3 Å². The van der Waals surface area contributed by atoms with Crippen LogP contribution in [0.15, 0.2) is 36.4 Å². The van der Waals surface area contributed by atoms with Crippen LogP contribution in [0.25, 0.3) is 0 Å². The van der Waals surface area contributed by atoms with Crippen LogP contribution in [0.1, 0.15) is 53.2 Å². The zero-order chi connectivity index (χ0) is 22.7. The number of carbonyl (C=O) groups is 2. The van der Waals surface area contributed by atoms with E-state index in [1.54, 1.807) is 23.1 Å². The molecule has 1 N–H and O–H groups in total. The van der Waals surface area contributed by atoms with Crippen molar-refractivity contribution in [2.24, 2.45) is 11.8 Å². The number of anilines is 3. The SMILES string of the molecule is CC[C@@H](C)C(=O)Nc1ccc2c(n1)CN(C(C)CC(C)C)C(=O)N2c1ccc(Cl)cc1.Cl. The van der Waals surface area contributed by atoms with E-state index in [1.807, 2.05) is 36.9 Å². The molecule has 0 saturated heterocycles. The molecule has 1 aromatic carbocycles. The summed E-state index contributed by atoms with van der Waals surface area (Å²) in [6, 6.07) is 10.8. The maximum absolute atomic E-state index is 13.5. The Morgan fingerprint density at radius 1 is 1.12 bits per heavy atom. The van der Waals surface area contributed by atoms with Crippen molar-refractivity contribution in [1.82, 2.24) is 9.88 Å². The predicted molar refractivity (Wildman–Crippen MR) is 133 cm³/mol. The molecule has 1 aromatic heterocycles. The van der Waals surface area contributed by atoms with E-state index in [0.29, 0.717) is 23.3 Å². The summed E-state index contributed by atoms with van der Waals surface area (Å²) in [5, 5.41) is 3.51. The Morgan fingerprint density at radius 2 is 1.78 bits per heavy atom. The summed E-state index contributed by atoms with van der Waals surface area (Å²) in [7, 11) is 0. The molecule has 0 aliphatic carbocycles. The second kappa shape index (κ2) is 11.0. The molecule has 0 radical (unpaired) electrons. The van der Waals surface area contributed by atoms with Gasteiger partial charge in [0.05, 0.1) is 23.6 Å². The van der Waals surface area contributed by atoms with E-state index in [9.17, 15) is 9.59 Å². The topological polar surface area (TPSA) is 65.5 Å². The fourth-order valence-electron chi connectivity index (χ4n) is 3.77. The minimum Gasteiger partial charge on any atom is -0.315 e. The average Bonchev–Trinajstić information content (AvgIpc) is 2.73.